The summed E-state index contributed by atoms with van der Waals surface area (Å²) in [6, 6.07) is 17.7. The molecule has 1 nitrogen and oxygen atoms in total. The van der Waals surface area contributed by atoms with Crippen molar-refractivity contribution < 1.29 is 0 Å². The summed E-state index contributed by atoms with van der Waals surface area (Å²) in [6.07, 6.45) is 0.942. The first-order chi connectivity index (χ1) is 10.0. The van der Waals surface area contributed by atoms with E-state index in [0.717, 1.165) is 12.2 Å². The Hall–Kier alpha value is -1.25. The highest BCUT2D eigenvalue weighted by Crippen LogP contribution is 2.21. The lowest BCUT2D eigenvalue weighted by molar-refractivity contribution is 0.747. The predicted octanol–water partition coefficient (Wildman–Crippen LogP) is 4.78. The second-order valence-corrected chi connectivity index (χ2v) is 7.08. The highest BCUT2D eigenvalue weighted by molar-refractivity contribution is 7.99. The van der Waals surface area contributed by atoms with Crippen LogP contribution in [0.2, 0.25) is 0 Å². The van der Waals surface area contributed by atoms with Gasteiger partial charge in [0.15, 0.2) is 0 Å². The normalized spacial score (nSPS) is 12.6. The topological polar surface area (TPSA) is 26.0 Å². The molecule has 0 aliphatic rings. The maximum atomic E-state index is 6.27. The number of nitrogens with two attached hydrogens (primary N) is 1. The number of rotatable bonds is 6. The van der Waals surface area contributed by atoms with Gasteiger partial charge in [-0.2, -0.15) is 0 Å². The van der Waals surface area contributed by atoms with Crippen LogP contribution in [0.3, 0.4) is 0 Å². The van der Waals surface area contributed by atoms with E-state index in [1.807, 2.05) is 11.8 Å². The van der Waals surface area contributed by atoms with Gasteiger partial charge in [-0.3, -0.25) is 0 Å². The molecule has 0 aromatic heterocycles. The fourth-order valence-corrected chi connectivity index (χ4v) is 3.28. The summed E-state index contributed by atoms with van der Waals surface area (Å²) in [6.45, 7) is 6.57. The van der Waals surface area contributed by atoms with Gasteiger partial charge in [0.25, 0.3) is 0 Å². The zero-order valence-electron chi connectivity index (χ0n) is 13.2. The minimum absolute atomic E-state index is 0.195. The Morgan fingerprint density at radius 1 is 1.05 bits per heavy atom. The van der Waals surface area contributed by atoms with Crippen LogP contribution in [0.4, 0.5) is 0 Å². The lowest BCUT2D eigenvalue weighted by Crippen LogP contribution is -2.25. The van der Waals surface area contributed by atoms with Crippen molar-refractivity contribution in [3.63, 3.8) is 0 Å². The minimum Gasteiger partial charge on any atom is -0.327 e. The fourth-order valence-electron chi connectivity index (χ4n) is 2.31. The third kappa shape index (κ3) is 5.22. The van der Waals surface area contributed by atoms with E-state index in [2.05, 4.69) is 69.3 Å². The number of thioether (sulfide) groups is 1. The molecule has 0 aliphatic carbocycles. The Kier molecular flexibility index (Phi) is 5.89. The van der Waals surface area contributed by atoms with Crippen molar-refractivity contribution in [2.24, 2.45) is 5.73 Å². The molecular formula is C19H25NS. The molecule has 0 aliphatic heterocycles. The Labute approximate surface area is 133 Å². The molecule has 0 spiro atoms. The Morgan fingerprint density at radius 2 is 1.76 bits per heavy atom. The average Bonchev–Trinajstić information content (AvgIpc) is 2.46. The van der Waals surface area contributed by atoms with E-state index >= 15 is 0 Å². The largest absolute Gasteiger partial charge is 0.327 e. The molecule has 0 saturated carbocycles. The van der Waals surface area contributed by atoms with E-state index in [9.17, 15) is 0 Å². The van der Waals surface area contributed by atoms with Crippen LogP contribution < -0.4 is 5.73 Å². The molecule has 0 amide bonds. The summed E-state index contributed by atoms with van der Waals surface area (Å²) in [5.74, 6) is 1.54. The van der Waals surface area contributed by atoms with E-state index < -0.39 is 0 Å². The van der Waals surface area contributed by atoms with Crippen LogP contribution in [-0.4, -0.2) is 11.8 Å². The molecule has 1 atom stereocenters. The molecule has 2 N–H and O–H groups in total. The van der Waals surface area contributed by atoms with Crippen molar-refractivity contribution >= 4 is 11.8 Å². The predicted molar refractivity (Wildman–Crippen MR) is 94.1 cm³/mol. The zero-order valence-corrected chi connectivity index (χ0v) is 14.0. The quantitative estimate of drug-likeness (QED) is 0.777. The van der Waals surface area contributed by atoms with Crippen molar-refractivity contribution in [1.29, 1.82) is 0 Å². The molecule has 0 radical (unpaired) electrons. The highest BCUT2D eigenvalue weighted by atomic mass is 32.2. The van der Waals surface area contributed by atoms with Crippen molar-refractivity contribution in [3.05, 3.63) is 65.2 Å². The number of aryl methyl sites for hydroxylation is 1. The summed E-state index contributed by atoms with van der Waals surface area (Å²) in [5, 5.41) is 0. The van der Waals surface area contributed by atoms with Gasteiger partial charge in [-0.05, 0) is 42.5 Å². The van der Waals surface area contributed by atoms with Crippen molar-refractivity contribution in [1.82, 2.24) is 0 Å². The molecule has 21 heavy (non-hydrogen) atoms. The van der Waals surface area contributed by atoms with Crippen LogP contribution >= 0.6 is 11.8 Å². The maximum absolute atomic E-state index is 6.27. The second kappa shape index (κ2) is 7.67. The second-order valence-electron chi connectivity index (χ2n) is 5.99. The van der Waals surface area contributed by atoms with Crippen LogP contribution in [0, 0.1) is 6.92 Å². The summed E-state index contributed by atoms with van der Waals surface area (Å²) in [7, 11) is 0. The van der Waals surface area contributed by atoms with Crippen LogP contribution in [0.25, 0.3) is 0 Å². The monoisotopic (exact) mass is 299 g/mol. The van der Waals surface area contributed by atoms with Gasteiger partial charge in [-0.1, -0.05) is 55.8 Å². The third-order valence-corrected chi connectivity index (χ3v) is 4.78. The summed E-state index contributed by atoms with van der Waals surface area (Å²) in [5.41, 5.74) is 10.3. The number of benzene rings is 2. The summed E-state index contributed by atoms with van der Waals surface area (Å²) >= 11 is 1.84. The Balaban J connectivity index is 1.85. The van der Waals surface area contributed by atoms with E-state index in [4.69, 9.17) is 5.73 Å². The van der Waals surface area contributed by atoms with Crippen LogP contribution in [0.1, 0.15) is 36.5 Å². The molecule has 2 aromatic rings. The van der Waals surface area contributed by atoms with Gasteiger partial charge >= 0.3 is 0 Å². The number of hydrogen-bond acceptors (Lipinski definition) is 2. The summed E-state index contributed by atoms with van der Waals surface area (Å²) in [4.78, 5) is 1.31. The standard InChI is InChI=1S/C19H25NS/c1-14(2)17-9-7-16(8-10-17)12-18(20)13-21-19-6-4-5-15(3)11-19/h4-11,14,18H,12-13,20H2,1-3H3. The number of hydrogen-bond donors (Lipinski definition) is 1. The fraction of sp³-hybridized carbons (Fsp3) is 0.368. The van der Waals surface area contributed by atoms with Gasteiger partial charge in [0.05, 0.1) is 0 Å². The SMILES string of the molecule is Cc1cccc(SCC(N)Cc2ccc(C(C)C)cc2)c1. The Bertz CT molecular complexity index is 560. The first-order valence-electron chi connectivity index (χ1n) is 7.58. The lowest BCUT2D eigenvalue weighted by Gasteiger charge is -2.13. The molecule has 0 heterocycles. The van der Waals surface area contributed by atoms with E-state index in [1.165, 1.54) is 21.6 Å². The van der Waals surface area contributed by atoms with Gasteiger partial charge < -0.3 is 5.73 Å². The average molecular weight is 299 g/mol. The van der Waals surface area contributed by atoms with Gasteiger partial charge in [-0.15, -0.1) is 11.8 Å². The summed E-state index contributed by atoms with van der Waals surface area (Å²) < 4.78 is 0. The molecule has 2 aromatic carbocycles. The van der Waals surface area contributed by atoms with Crippen molar-refractivity contribution in [3.8, 4) is 0 Å². The molecule has 0 fully saturated rings. The van der Waals surface area contributed by atoms with Crippen molar-refractivity contribution in [2.75, 3.05) is 5.75 Å². The molecule has 0 saturated heterocycles. The smallest absolute Gasteiger partial charge is 0.0174 e. The lowest BCUT2D eigenvalue weighted by atomic mass is 10.00. The minimum atomic E-state index is 0.195. The Morgan fingerprint density at radius 3 is 2.38 bits per heavy atom. The van der Waals surface area contributed by atoms with Crippen molar-refractivity contribution in [2.45, 2.75) is 44.0 Å². The van der Waals surface area contributed by atoms with Gasteiger partial charge in [0, 0.05) is 16.7 Å². The first-order valence-corrected chi connectivity index (χ1v) is 8.57. The van der Waals surface area contributed by atoms with Crippen LogP contribution in [0.5, 0.6) is 0 Å². The highest BCUT2D eigenvalue weighted by Gasteiger charge is 2.06. The molecule has 2 rings (SSSR count). The van der Waals surface area contributed by atoms with Crippen LogP contribution in [-0.2, 0) is 6.42 Å². The maximum Gasteiger partial charge on any atom is 0.0174 e. The molecule has 112 valence electrons. The van der Waals surface area contributed by atoms with E-state index in [-0.39, 0.29) is 6.04 Å². The van der Waals surface area contributed by atoms with Gasteiger partial charge in [0.2, 0.25) is 0 Å². The third-order valence-electron chi connectivity index (χ3n) is 3.60. The van der Waals surface area contributed by atoms with E-state index in [1.54, 1.807) is 0 Å². The van der Waals surface area contributed by atoms with Crippen LogP contribution in [0.15, 0.2) is 53.4 Å². The van der Waals surface area contributed by atoms with Gasteiger partial charge in [-0.25, -0.2) is 0 Å². The molecule has 0 bridgehead atoms. The first kappa shape index (κ1) is 16.1. The molecule has 1 unspecified atom stereocenters. The van der Waals surface area contributed by atoms with E-state index in [0.29, 0.717) is 5.92 Å². The van der Waals surface area contributed by atoms with Gasteiger partial charge in [0.1, 0.15) is 0 Å². The molecular weight excluding hydrogens is 274 g/mol. The molecule has 2 heteroatoms. The zero-order chi connectivity index (χ0) is 15.2.